The van der Waals surface area contributed by atoms with Gasteiger partial charge in [0.25, 0.3) is 0 Å². The van der Waals surface area contributed by atoms with Crippen LogP contribution in [0.4, 0.5) is 0 Å². The number of rotatable bonds is 5. The van der Waals surface area contributed by atoms with Gasteiger partial charge < -0.3 is 15.0 Å². The first kappa shape index (κ1) is 9.22. The molecule has 1 rings (SSSR count). The second kappa shape index (κ2) is 4.90. The first-order valence-corrected chi connectivity index (χ1v) is 4.16. The number of aromatic nitrogens is 2. The van der Waals surface area contributed by atoms with Gasteiger partial charge in [-0.25, -0.2) is 4.98 Å². The quantitative estimate of drug-likeness (QED) is 0.693. The van der Waals surface area contributed by atoms with Crippen molar-refractivity contribution in [2.75, 3.05) is 13.2 Å². The molecule has 0 aromatic carbocycles. The average molecular weight is 169 g/mol. The van der Waals surface area contributed by atoms with E-state index in [9.17, 15) is 0 Å². The summed E-state index contributed by atoms with van der Waals surface area (Å²) in [6.07, 6.45) is 4.48. The van der Waals surface area contributed by atoms with Gasteiger partial charge in [0.2, 0.25) is 0 Å². The zero-order valence-corrected chi connectivity index (χ0v) is 7.36. The Bertz CT molecular complexity index is 222. The molecule has 1 heterocycles. The SMILES string of the molecule is CCOCn1ccnc1CCN. The standard InChI is InChI=1S/C8H15N3O/c1-2-12-7-11-6-5-10-8(11)3-4-9/h5-6H,2-4,7,9H2,1H3. The third-order valence-electron chi connectivity index (χ3n) is 1.60. The molecule has 0 aliphatic heterocycles. The summed E-state index contributed by atoms with van der Waals surface area (Å²) in [7, 11) is 0. The van der Waals surface area contributed by atoms with Gasteiger partial charge in [0, 0.05) is 25.4 Å². The van der Waals surface area contributed by atoms with Crippen LogP contribution in [0.3, 0.4) is 0 Å². The summed E-state index contributed by atoms with van der Waals surface area (Å²) in [6.45, 7) is 3.90. The Balaban J connectivity index is 2.51. The van der Waals surface area contributed by atoms with Crippen LogP contribution in [0.25, 0.3) is 0 Å². The summed E-state index contributed by atoms with van der Waals surface area (Å²) in [5, 5.41) is 0. The third-order valence-corrected chi connectivity index (χ3v) is 1.60. The molecule has 4 nitrogen and oxygen atoms in total. The highest BCUT2D eigenvalue weighted by Crippen LogP contribution is 1.97. The van der Waals surface area contributed by atoms with Crippen molar-refractivity contribution in [3.63, 3.8) is 0 Å². The largest absolute Gasteiger partial charge is 0.361 e. The molecule has 0 aliphatic carbocycles. The van der Waals surface area contributed by atoms with Crippen LogP contribution in [0.1, 0.15) is 12.7 Å². The normalized spacial score (nSPS) is 10.5. The fourth-order valence-electron chi connectivity index (χ4n) is 1.00. The first-order valence-electron chi connectivity index (χ1n) is 4.16. The summed E-state index contributed by atoms with van der Waals surface area (Å²) >= 11 is 0. The van der Waals surface area contributed by atoms with Crippen LogP contribution in [0.2, 0.25) is 0 Å². The second-order valence-electron chi connectivity index (χ2n) is 2.47. The minimum atomic E-state index is 0.575. The summed E-state index contributed by atoms with van der Waals surface area (Å²) in [5.74, 6) is 0.992. The zero-order valence-electron chi connectivity index (χ0n) is 7.36. The van der Waals surface area contributed by atoms with Gasteiger partial charge in [-0.1, -0.05) is 0 Å². The van der Waals surface area contributed by atoms with Gasteiger partial charge in [-0.3, -0.25) is 0 Å². The van der Waals surface area contributed by atoms with Crippen molar-refractivity contribution in [1.82, 2.24) is 9.55 Å². The van der Waals surface area contributed by atoms with Crippen LogP contribution in [0, 0.1) is 0 Å². The van der Waals surface area contributed by atoms with Crippen LogP contribution in [0.5, 0.6) is 0 Å². The van der Waals surface area contributed by atoms with Gasteiger partial charge in [-0.05, 0) is 13.5 Å². The van der Waals surface area contributed by atoms with E-state index < -0.39 is 0 Å². The molecule has 0 radical (unpaired) electrons. The number of hydrogen-bond acceptors (Lipinski definition) is 3. The van der Waals surface area contributed by atoms with Gasteiger partial charge in [0.15, 0.2) is 0 Å². The predicted octanol–water partition coefficient (Wildman–Crippen LogP) is 0.378. The molecule has 0 amide bonds. The molecule has 68 valence electrons. The fraction of sp³-hybridized carbons (Fsp3) is 0.625. The highest BCUT2D eigenvalue weighted by Gasteiger charge is 1.99. The van der Waals surface area contributed by atoms with Crippen molar-refractivity contribution in [3.05, 3.63) is 18.2 Å². The van der Waals surface area contributed by atoms with Crippen molar-refractivity contribution >= 4 is 0 Å². The van der Waals surface area contributed by atoms with E-state index in [0.717, 1.165) is 18.9 Å². The van der Waals surface area contributed by atoms with Crippen molar-refractivity contribution in [1.29, 1.82) is 0 Å². The highest BCUT2D eigenvalue weighted by atomic mass is 16.5. The van der Waals surface area contributed by atoms with Gasteiger partial charge >= 0.3 is 0 Å². The maximum absolute atomic E-state index is 5.42. The number of nitrogens with zero attached hydrogens (tertiary/aromatic N) is 2. The van der Waals surface area contributed by atoms with E-state index in [0.29, 0.717) is 13.3 Å². The molecule has 2 N–H and O–H groups in total. The fourth-order valence-corrected chi connectivity index (χ4v) is 1.00. The van der Waals surface area contributed by atoms with Crippen LogP contribution >= 0.6 is 0 Å². The van der Waals surface area contributed by atoms with Crippen LogP contribution in [0.15, 0.2) is 12.4 Å². The molecule has 0 aliphatic rings. The molecular weight excluding hydrogens is 154 g/mol. The topological polar surface area (TPSA) is 53.1 Å². The molecule has 0 bridgehead atoms. The van der Waals surface area contributed by atoms with E-state index in [-0.39, 0.29) is 0 Å². The lowest BCUT2D eigenvalue weighted by molar-refractivity contribution is 0.0858. The maximum Gasteiger partial charge on any atom is 0.123 e. The van der Waals surface area contributed by atoms with Crippen molar-refractivity contribution in [2.24, 2.45) is 5.73 Å². The summed E-state index contributed by atoms with van der Waals surface area (Å²) in [4.78, 5) is 4.16. The lowest BCUT2D eigenvalue weighted by Gasteiger charge is -2.05. The summed E-state index contributed by atoms with van der Waals surface area (Å²) < 4.78 is 7.22. The van der Waals surface area contributed by atoms with E-state index in [4.69, 9.17) is 10.5 Å². The molecule has 1 aromatic heterocycles. The Hall–Kier alpha value is -0.870. The molecule has 0 saturated heterocycles. The Morgan fingerprint density at radius 3 is 3.17 bits per heavy atom. The Morgan fingerprint density at radius 2 is 2.50 bits per heavy atom. The Labute approximate surface area is 72.3 Å². The van der Waals surface area contributed by atoms with E-state index in [1.807, 2.05) is 17.7 Å². The molecule has 0 atom stereocenters. The zero-order chi connectivity index (χ0) is 8.81. The van der Waals surface area contributed by atoms with Gasteiger partial charge in [0.05, 0.1) is 0 Å². The Kier molecular flexibility index (Phi) is 3.76. The summed E-state index contributed by atoms with van der Waals surface area (Å²) in [6, 6.07) is 0. The second-order valence-corrected chi connectivity index (χ2v) is 2.47. The molecule has 0 saturated carbocycles. The van der Waals surface area contributed by atoms with Crippen molar-refractivity contribution < 1.29 is 4.74 Å². The van der Waals surface area contributed by atoms with E-state index in [2.05, 4.69) is 4.98 Å². The molecular formula is C8H15N3O. The molecule has 12 heavy (non-hydrogen) atoms. The highest BCUT2D eigenvalue weighted by molar-refractivity contribution is 4.91. The van der Waals surface area contributed by atoms with E-state index in [1.165, 1.54) is 0 Å². The minimum absolute atomic E-state index is 0.575. The lowest BCUT2D eigenvalue weighted by atomic mass is 10.4. The van der Waals surface area contributed by atoms with E-state index >= 15 is 0 Å². The molecule has 0 spiro atoms. The average Bonchev–Trinajstić information content (AvgIpc) is 2.50. The van der Waals surface area contributed by atoms with Gasteiger partial charge in [-0.2, -0.15) is 0 Å². The van der Waals surface area contributed by atoms with Gasteiger partial charge in [-0.15, -0.1) is 0 Å². The van der Waals surface area contributed by atoms with Crippen LogP contribution < -0.4 is 5.73 Å². The number of ether oxygens (including phenoxy) is 1. The van der Waals surface area contributed by atoms with Crippen molar-refractivity contribution in [3.8, 4) is 0 Å². The molecule has 4 heteroatoms. The number of hydrogen-bond donors (Lipinski definition) is 1. The van der Waals surface area contributed by atoms with Crippen LogP contribution in [-0.4, -0.2) is 22.7 Å². The molecule has 1 aromatic rings. The van der Waals surface area contributed by atoms with Crippen LogP contribution in [-0.2, 0) is 17.9 Å². The van der Waals surface area contributed by atoms with E-state index in [1.54, 1.807) is 6.20 Å². The predicted molar refractivity (Wildman–Crippen MR) is 46.6 cm³/mol. The monoisotopic (exact) mass is 169 g/mol. The Morgan fingerprint density at radius 1 is 1.67 bits per heavy atom. The van der Waals surface area contributed by atoms with Crippen molar-refractivity contribution in [2.45, 2.75) is 20.1 Å². The number of imidazole rings is 1. The minimum Gasteiger partial charge on any atom is -0.361 e. The van der Waals surface area contributed by atoms with Gasteiger partial charge in [0.1, 0.15) is 12.6 Å². The molecule has 0 unspecified atom stereocenters. The smallest absolute Gasteiger partial charge is 0.123 e. The third kappa shape index (κ3) is 2.32. The summed E-state index contributed by atoms with van der Waals surface area (Å²) in [5.41, 5.74) is 5.42. The first-order chi connectivity index (χ1) is 5.88. The lowest BCUT2D eigenvalue weighted by Crippen LogP contribution is -2.11. The molecule has 0 fully saturated rings. The number of nitrogens with two attached hydrogens (primary N) is 1. The maximum atomic E-state index is 5.42.